The van der Waals surface area contributed by atoms with Crippen LogP contribution in [-0.2, 0) is 0 Å². The van der Waals surface area contributed by atoms with Gasteiger partial charge in [0.15, 0.2) is 0 Å². The van der Waals surface area contributed by atoms with Crippen molar-refractivity contribution in [3.05, 3.63) is 47.6 Å². The molecule has 0 bridgehead atoms. The lowest BCUT2D eigenvalue weighted by Crippen LogP contribution is -2.56. The lowest BCUT2D eigenvalue weighted by Gasteiger charge is -2.38. The SMILES string of the molecule is O=C(c1cnccn1)N1CC(Oc2ncccc2Cl)C1. The Bertz CT molecular complexity index is 617. The van der Waals surface area contributed by atoms with Crippen LogP contribution < -0.4 is 4.74 Å². The summed E-state index contributed by atoms with van der Waals surface area (Å²) in [5, 5.41) is 0.464. The first-order valence-electron chi connectivity index (χ1n) is 6.06. The van der Waals surface area contributed by atoms with Gasteiger partial charge in [0.25, 0.3) is 5.91 Å². The molecular formula is C13H11ClN4O2. The van der Waals surface area contributed by atoms with Gasteiger partial charge in [0, 0.05) is 18.6 Å². The van der Waals surface area contributed by atoms with Gasteiger partial charge in [0.05, 0.1) is 19.3 Å². The molecule has 0 aromatic carbocycles. The molecule has 2 aromatic heterocycles. The molecule has 0 N–H and O–H groups in total. The van der Waals surface area contributed by atoms with Crippen molar-refractivity contribution in [1.29, 1.82) is 0 Å². The second-order valence-electron chi connectivity index (χ2n) is 4.33. The normalized spacial score (nSPS) is 14.8. The van der Waals surface area contributed by atoms with Crippen LogP contribution >= 0.6 is 11.6 Å². The highest BCUT2D eigenvalue weighted by molar-refractivity contribution is 6.31. The highest BCUT2D eigenvalue weighted by atomic mass is 35.5. The van der Waals surface area contributed by atoms with Crippen LogP contribution in [0.15, 0.2) is 36.9 Å². The van der Waals surface area contributed by atoms with Crippen LogP contribution in [0.25, 0.3) is 0 Å². The number of aromatic nitrogens is 3. The Labute approximate surface area is 120 Å². The summed E-state index contributed by atoms with van der Waals surface area (Å²) >= 11 is 5.96. The van der Waals surface area contributed by atoms with Crippen LogP contribution in [0.5, 0.6) is 5.88 Å². The molecule has 1 saturated heterocycles. The van der Waals surface area contributed by atoms with E-state index in [-0.39, 0.29) is 12.0 Å². The lowest BCUT2D eigenvalue weighted by molar-refractivity contribution is 0.0156. The second-order valence-corrected chi connectivity index (χ2v) is 4.74. The summed E-state index contributed by atoms with van der Waals surface area (Å²) in [6, 6.07) is 3.45. The summed E-state index contributed by atoms with van der Waals surface area (Å²) in [5.74, 6) is 0.246. The number of nitrogens with zero attached hydrogens (tertiary/aromatic N) is 4. The van der Waals surface area contributed by atoms with E-state index in [1.54, 1.807) is 23.2 Å². The Hall–Kier alpha value is -2.21. The number of halogens is 1. The maximum atomic E-state index is 12.0. The molecule has 1 fully saturated rings. The maximum Gasteiger partial charge on any atom is 0.274 e. The molecule has 0 saturated carbocycles. The third kappa shape index (κ3) is 2.55. The zero-order valence-corrected chi connectivity index (χ0v) is 11.2. The van der Waals surface area contributed by atoms with Crippen molar-refractivity contribution in [2.24, 2.45) is 0 Å². The minimum atomic E-state index is -0.148. The number of rotatable bonds is 3. The minimum Gasteiger partial charge on any atom is -0.470 e. The number of pyridine rings is 1. The third-order valence-corrected chi connectivity index (χ3v) is 3.21. The van der Waals surface area contributed by atoms with Crippen molar-refractivity contribution in [2.45, 2.75) is 6.10 Å². The fourth-order valence-corrected chi connectivity index (χ4v) is 2.03. The highest BCUT2D eigenvalue weighted by Crippen LogP contribution is 2.24. The van der Waals surface area contributed by atoms with E-state index in [0.717, 1.165) is 0 Å². The number of amides is 1. The summed E-state index contributed by atoms with van der Waals surface area (Å²) in [6.07, 6.45) is 5.99. The topological polar surface area (TPSA) is 68.2 Å². The molecule has 0 spiro atoms. The first-order valence-corrected chi connectivity index (χ1v) is 6.44. The third-order valence-electron chi connectivity index (χ3n) is 2.92. The fraction of sp³-hybridized carbons (Fsp3) is 0.231. The predicted molar refractivity (Wildman–Crippen MR) is 71.6 cm³/mol. The van der Waals surface area contributed by atoms with Crippen LogP contribution in [-0.4, -0.2) is 45.0 Å². The Morgan fingerprint density at radius 2 is 2.15 bits per heavy atom. The lowest BCUT2D eigenvalue weighted by atomic mass is 10.1. The summed E-state index contributed by atoms with van der Waals surface area (Å²) < 4.78 is 5.62. The van der Waals surface area contributed by atoms with Gasteiger partial charge in [-0.05, 0) is 12.1 Å². The van der Waals surface area contributed by atoms with Crippen molar-refractivity contribution >= 4 is 17.5 Å². The van der Waals surface area contributed by atoms with Gasteiger partial charge in [-0.3, -0.25) is 9.78 Å². The van der Waals surface area contributed by atoms with Crippen molar-refractivity contribution in [3.8, 4) is 5.88 Å². The molecule has 1 aliphatic rings. The van der Waals surface area contributed by atoms with Gasteiger partial charge in [-0.2, -0.15) is 0 Å². The molecule has 0 aliphatic carbocycles. The smallest absolute Gasteiger partial charge is 0.274 e. The minimum absolute atomic E-state index is 0.0944. The summed E-state index contributed by atoms with van der Waals surface area (Å²) in [5.41, 5.74) is 0.335. The molecule has 1 amide bonds. The molecule has 3 rings (SSSR count). The number of carbonyl (C=O) groups excluding carboxylic acids is 1. The first kappa shape index (κ1) is 12.8. The van der Waals surface area contributed by atoms with Crippen molar-refractivity contribution < 1.29 is 9.53 Å². The summed E-state index contributed by atoms with van der Waals surface area (Å²) in [6.45, 7) is 0.977. The van der Waals surface area contributed by atoms with Crippen LogP contribution in [0, 0.1) is 0 Å². The largest absolute Gasteiger partial charge is 0.470 e. The Morgan fingerprint density at radius 3 is 2.85 bits per heavy atom. The van der Waals surface area contributed by atoms with E-state index in [2.05, 4.69) is 15.0 Å². The van der Waals surface area contributed by atoms with Gasteiger partial charge in [-0.15, -0.1) is 0 Å². The Morgan fingerprint density at radius 1 is 1.30 bits per heavy atom. The molecule has 102 valence electrons. The van der Waals surface area contributed by atoms with Gasteiger partial charge >= 0.3 is 0 Å². The molecule has 1 aliphatic heterocycles. The van der Waals surface area contributed by atoms with Gasteiger partial charge < -0.3 is 9.64 Å². The molecule has 0 atom stereocenters. The van der Waals surface area contributed by atoms with Crippen molar-refractivity contribution in [1.82, 2.24) is 19.9 Å². The maximum absolute atomic E-state index is 12.0. The van der Waals surface area contributed by atoms with Crippen LogP contribution in [0.1, 0.15) is 10.5 Å². The van der Waals surface area contributed by atoms with E-state index in [0.29, 0.717) is 29.7 Å². The predicted octanol–water partition coefficient (Wildman–Crippen LogP) is 1.43. The molecule has 0 radical (unpaired) electrons. The summed E-state index contributed by atoms with van der Waals surface area (Å²) in [7, 11) is 0. The summed E-state index contributed by atoms with van der Waals surface area (Å²) in [4.78, 5) is 25.6. The van der Waals surface area contributed by atoms with Gasteiger partial charge in [0.1, 0.15) is 16.8 Å². The van der Waals surface area contributed by atoms with Crippen molar-refractivity contribution in [3.63, 3.8) is 0 Å². The zero-order chi connectivity index (χ0) is 13.9. The van der Waals surface area contributed by atoms with E-state index in [1.165, 1.54) is 18.6 Å². The first-order chi connectivity index (χ1) is 9.74. The second kappa shape index (κ2) is 5.42. The highest BCUT2D eigenvalue weighted by Gasteiger charge is 2.34. The average Bonchev–Trinajstić information content (AvgIpc) is 2.44. The average molecular weight is 291 g/mol. The number of carbonyl (C=O) groups is 1. The fourth-order valence-electron chi connectivity index (χ4n) is 1.87. The van der Waals surface area contributed by atoms with E-state index in [1.807, 2.05) is 0 Å². The zero-order valence-electron chi connectivity index (χ0n) is 10.4. The Kier molecular flexibility index (Phi) is 3.47. The molecule has 20 heavy (non-hydrogen) atoms. The van der Waals surface area contributed by atoms with Crippen molar-refractivity contribution in [2.75, 3.05) is 13.1 Å². The standard InChI is InChI=1S/C13H11ClN4O2/c14-10-2-1-3-17-12(10)20-9-7-18(8-9)13(19)11-6-15-4-5-16-11/h1-6,9H,7-8H2. The Balaban J connectivity index is 1.57. The number of ether oxygens (including phenoxy) is 1. The van der Waals surface area contributed by atoms with Crippen LogP contribution in [0.2, 0.25) is 5.02 Å². The van der Waals surface area contributed by atoms with Gasteiger partial charge in [-0.25, -0.2) is 9.97 Å². The molecule has 2 aromatic rings. The van der Waals surface area contributed by atoms with Gasteiger partial charge in [0.2, 0.25) is 5.88 Å². The van der Waals surface area contributed by atoms with Crippen LogP contribution in [0.3, 0.4) is 0 Å². The van der Waals surface area contributed by atoms with Gasteiger partial charge in [-0.1, -0.05) is 11.6 Å². The number of hydrogen-bond donors (Lipinski definition) is 0. The van der Waals surface area contributed by atoms with Crippen LogP contribution in [0.4, 0.5) is 0 Å². The molecular weight excluding hydrogens is 280 g/mol. The van der Waals surface area contributed by atoms with E-state index >= 15 is 0 Å². The van der Waals surface area contributed by atoms with E-state index < -0.39 is 0 Å². The van der Waals surface area contributed by atoms with E-state index in [9.17, 15) is 4.79 Å². The quantitative estimate of drug-likeness (QED) is 0.855. The molecule has 0 unspecified atom stereocenters. The number of likely N-dealkylation sites (tertiary alicyclic amines) is 1. The number of hydrogen-bond acceptors (Lipinski definition) is 5. The molecule has 6 nitrogen and oxygen atoms in total. The molecule has 7 heteroatoms. The molecule has 3 heterocycles. The van der Waals surface area contributed by atoms with E-state index in [4.69, 9.17) is 16.3 Å². The monoisotopic (exact) mass is 290 g/mol.